The summed E-state index contributed by atoms with van der Waals surface area (Å²) in [4.78, 5) is 12.0. The number of nitrogens with one attached hydrogen (secondary N) is 1. The molecule has 0 saturated carbocycles. The van der Waals surface area contributed by atoms with Crippen LogP contribution < -0.4 is 11.1 Å². The lowest BCUT2D eigenvalue weighted by atomic mass is 9.96. The minimum atomic E-state index is -0.450. The average Bonchev–Trinajstić information content (AvgIpc) is 2.40. The van der Waals surface area contributed by atoms with E-state index in [1.54, 1.807) is 12.1 Å². The molecule has 0 fully saturated rings. The molecular weight excluding hydrogens is 291 g/mol. The van der Waals surface area contributed by atoms with Crippen LogP contribution in [0.3, 0.4) is 0 Å². The molecule has 0 aliphatic rings. The number of rotatable bonds is 7. The van der Waals surface area contributed by atoms with Crippen molar-refractivity contribution in [1.82, 2.24) is 5.32 Å². The highest BCUT2D eigenvalue weighted by molar-refractivity contribution is 5.85. The van der Waals surface area contributed by atoms with Crippen LogP contribution in [-0.2, 0) is 11.2 Å². The van der Waals surface area contributed by atoms with Crippen LogP contribution in [0, 0.1) is 11.7 Å². The number of carbonyl (C=O) groups is 1. The number of halogens is 2. The van der Waals surface area contributed by atoms with Gasteiger partial charge < -0.3 is 11.1 Å². The molecule has 0 radical (unpaired) electrons. The fourth-order valence-electron chi connectivity index (χ4n) is 2.06. The zero-order valence-electron chi connectivity index (χ0n) is 12.9. The predicted molar refractivity (Wildman–Crippen MR) is 87.0 cm³/mol. The van der Waals surface area contributed by atoms with E-state index >= 15 is 0 Å². The molecule has 3 nitrogen and oxygen atoms in total. The smallest absolute Gasteiger partial charge is 0.237 e. The standard InChI is InChI=1S/C16H25FN2O.ClH/c1-4-5-14(18)16(20)19-15(11(2)3)10-12-6-8-13(17)9-7-12;/h6-9,11,14-15H,4-5,10,18H2,1-3H3,(H,19,20);1H. The van der Waals surface area contributed by atoms with Gasteiger partial charge in [0.1, 0.15) is 5.82 Å². The van der Waals surface area contributed by atoms with Crippen molar-refractivity contribution in [1.29, 1.82) is 0 Å². The minimum Gasteiger partial charge on any atom is -0.351 e. The summed E-state index contributed by atoms with van der Waals surface area (Å²) in [7, 11) is 0. The van der Waals surface area contributed by atoms with Gasteiger partial charge in [-0.15, -0.1) is 12.4 Å². The fraction of sp³-hybridized carbons (Fsp3) is 0.562. The summed E-state index contributed by atoms with van der Waals surface area (Å²) in [5.74, 6) is -0.0608. The lowest BCUT2D eigenvalue weighted by Gasteiger charge is -2.24. The number of amides is 1. The van der Waals surface area contributed by atoms with Crippen LogP contribution >= 0.6 is 12.4 Å². The SMILES string of the molecule is CCCC(N)C(=O)NC(Cc1ccc(F)cc1)C(C)C.Cl. The van der Waals surface area contributed by atoms with E-state index < -0.39 is 6.04 Å². The minimum absolute atomic E-state index is 0. The summed E-state index contributed by atoms with van der Waals surface area (Å²) in [5, 5.41) is 3.01. The topological polar surface area (TPSA) is 55.1 Å². The molecule has 0 aliphatic carbocycles. The largest absolute Gasteiger partial charge is 0.351 e. The van der Waals surface area contributed by atoms with E-state index in [4.69, 9.17) is 5.73 Å². The van der Waals surface area contributed by atoms with E-state index in [9.17, 15) is 9.18 Å². The first-order valence-corrected chi connectivity index (χ1v) is 7.24. The van der Waals surface area contributed by atoms with Crippen LogP contribution in [0.4, 0.5) is 4.39 Å². The fourth-order valence-corrected chi connectivity index (χ4v) is 2.06. The molecule has 0 heterocycles. The van der Waals surface area contributed by atoms with Crippen LogP contribution in [-0.4, -0.2) is 18.0 Å². The summed E-state index contributed by atoms with van der Waals surface area (Å²) in [6.45, 7) is 6.12. The monoisotopic (exact) mass is 316 g/mol. The Balaban J connectivity index is 0.00000400. The first-order valence-electron chi connectivity index (χ1n) is 7.24. The van der Waals surface area contributed by atoms with Gasteiger partial charge >= 0.3 is 0 Å². The van der Waals surface area contributed by atoms with Crippen LogP contribution in [0.2, 0.25) is 0 Å². The van der Waals surface area contributed by atoms with Crippen molar-refractivity contribution in [3.8, 4) is 0 Å². The summed E-state index contributed by atoms with van der Waals surface area (Å²) >= 11 is 0. The van der Waals surface area contributed by atoms with Gasteiger partial charge in [0.2, 0.25) is 5.91 Å². The summed E-state index contributed by atoms with van der Waals surface area (Å²) in [5.41, 5.74) is 6.84. The van der Waals surface area contributed by atoms with Crippen LogP contribution in [0.1, 0.15) is 39.2 Å². The number of hydrogen-bond donors (Lipinski definition) is 2. The van der Waals surface area contributed by atoms with E-state index in [1.165, 1.54) is 12.1 Å². The molecule has 1 amide bonds. The van der Waals surface area contributed by atoms with Crippen molar-refractivity contribution >= 4 is 18.3 Å². The Hall–Kier alpha value is -1.13. The number of benzene rings is 1. The molecular formula is C16H26ClFN2O. The number of carbonyl (C=O) groups excluding carboxylic acids is 1. The lowest BCUT2D eigenvalue weighted by molar-refractivity contribution is -0.123. The van der Waals surface area contributed by atoms with Crippen molar-refractivity contribution in [2.24, 2.45) is 11.7 Å². The second-order valence-corrected chi connectivity index (χ2v) is 5.58. The van der Waals surface area contributed by atoms with Gasteiger partial charge in [-0.3, -0.25) is 4.79 Å². The molecule has 1 aromatic carbocycles. The van der Waals surface area contributed by atoms with Crippen molar-refractivity contribution < 1.29 is 9.18 Å². The first kappa shape index (κ1) is 19.9. The van der Waals surface area contributed by atoms with Crippen molar-refractivity contribution in [3.05, 3.63) is 35.6 Å². The molecule has 2 unspecified atom stereocenters. The number of hydrogen-bond acceptors (Lipinski definition) is 2. The molecule has 21 heavy (non-hydrogen) atoms. The second kappa shape index (κ2) is 9.74. The highest BCUT2D eigenvalue weighted by Gasteiger charge is 2.20. The van der Waals surface area contributed by atoms with Crippen molar-refractivity contribution in [2.45, 2.75) is 52.1 Å². The highest BCUT2D eigenvalue weighted by Crippen LogP contribution is 2.12. The van der Waals surface area contributed by atoms with Crippen LogP contribution in [0.25, 0.3) is 0 Å². The molecule has 0 bridgehead atoms. The Morgan fingerprint density at radius 3 is 2.33 bits per heavy atom. The van der Waals surface area contributed by atoms with E-state index in [0.29, 0.717) is 12.8 Å². The zero-order chi connectivity index (χ0) is 15.1. The molecule has 0 saturated heterocycles. The Labute approximate surface area is 132 Å². The lowest BCUT2D eigenvalue weighted by Crippen LogP contribution is -2.48. The third kappa shape index (κ3) is 6.91. The van der Waals surface area contributed by atoms with E-state index in [2.05, 4.69) is 19.2 Å². The van der Waals surface area contributed by atoms with Gasteiger partial charge in [0.15, 0.2) is 0 Å². The van der Waals surface area contributed by atoms with E-state index in [1.807, 2.05) is 6.92 Å². The Kier molecular flexibility index (Phi) is 9.22. The van der Waals surface area contributed by atoms with Crippen molar-refractivity contribution in [3.63, 3.8) is 0 Å². The maximum absolute atomic E-state index is 12.9. The maximum atomic E-state index is 12.9. The predicted octanol–water partition coefficient (Wildman–Crippen LogP) is 3.06. The Bertz CT molecular complexity index is 423. The molecule has 0 aliphatic heterocycles. The molecule has 120 valence electrons. The highest BCUT2D eigenvalue weighted by atomic mass is 35.5. The summed E-state index contributed by atoms with van der Waals surface area (Å²) < 4.78 is 12.9. The Morgan fingerprint density at radius 1 is 1.29 bits per heavy atom. The summed E-state index contributed by atoms with van der Waals surface area (Å²) in [6, 6.07) is 5.95. The van der Waals surface area contributed by atoms with Gasteiger partial charge in [-0.2, -0.15) is 0 Å². The van der Waals surface area contributed by atoms with E-state index in [-0.39, 0.29) is 36.1 Å². The second-order valence-electron chi connectivity index (χ2n) is 5.58. The third-order valence-electron chi connectivity index (χ3n) is 3.44. The van der Waals surface area contributed by atoms with Gasteiger partial charge in [-0.25, -0.2) is 4.39 Å². The maximum Gasteiger partial charge on any atom is 0.237 e. The van der Waals surface area contributed by atoms with Crippen molar-refractivity contribution in [2.75, 3.05) is 0 Å². The summed E-state index contributed by atoms with van der Waals surface area (Å²) in [6.07, 6.45) is 2.26. The Morgan fingerprint density at radius 2 is 1.86 bits per heavy atom. The number of nitrogens with two attached hydrogens (primary N) is 1. The molecule has 5 heteroatoms. The molecule has 0 spiro atoms. The van der Waals surface area contributed by atoms with Gasteiger partial charge in [-0.1, -0.05) is 39.3 Å². The van der Waals surface area contributed by atoms with Crippen LogP contribution in [0.5, 0.6) is 0 Å². The first-order chi connectivity index (χ1) is 9.43. The molecule has 1 aromatic rings. The zero-order valence-corrected chi connectivity index (χ0v) is 13.8. The molecule has 0 aromatic heterocycles. The molecule has 3 N–H and O–H groups in total. The average molecular weight is 317 g/mol. The van der Waals surface area contributed by atoms with Gasteiger partial charge in [0, 0.05) is 6.04 Å². The van der Waals surface area contributed by atoms with Gasteiger partial charge in [0.05, 0.1) is 6.04 Å². The van der Waals surface area contributed by atoms with Gasteiger partial charge in [0.25, 0.3) is 0 Å². The van der Waals surface area contributed by atoms with Gasteiger partial charge in [-0.05, 0) is 36.5 Å². The quantitative estimate of drug-likeness (QED) is 0.812. The van der Waals surface area contributed by atoms with E-state index in [0.717, 1.165) is 12.0 Å². The third-order valence-corrected chi connectivity index (χ3v) is 3.44. The molecule has 1 rings (SSSR count). The normalized spacial score (nSPS) is 13.4. The molecule has 2 atom stereocenters. The van der Waals surface area contributed by atoms with Crippen LogP contribution in [0.15, 0.2) is 24.3 Å².